The Morgan fingerprint density at radius 3 is 2.16 bits per heavy atom. The van der Waals surface area contributed by atoms with Crippen molar-refractivity contribution in [3.05, 3.63) is 117 Å². The number of amides is 1. The molecule has 7 heteroatoms. The van der Waals surface area contributed by atoms with Gasteiger partial charge in [-0.3, -0.25) is 9.59 Å². The number of Topliss-reactive ketones (excluding diaryl/α,β-unsaturated/α-hetero) is 1. The van der Waals surface area contributed by atoms with Gasteiger partial charge < -0.3 is 14.4 Å². The van der Waals surface area contributed by atoms with E-state index in [9.17, 15) is 19.5 Å². The van der Waals surface area contributed by atoms with E-state index in [2.05, 4.69) is 0 Å². The fourth-order valence-electron chi connectivity index (χ4n) is 5.69. The summed E-state index contributed by atoms with van der Waals surface area (Å²) in [6, 6.07) is 20.7. The van der Waals surface area contributed by atoms with Crippen LogP contribution in [0.2, 0.25) is 0 Å². The maximum atomic E-state index is 14.3. The number of hydrogen-bond donors (Lipinski definition) is 1. The summed E-state index contributed by atoms with van der Waals surface area (Å²) in [4.78, 5) is 44.1. The molecule has 2 aromatic heterocycles. The van der Waals surface area contributed by atoms with Crippen molar-refractivity contribution >= 4 is 29.0 Å². The number of furan rings is 1. The number of carboxylic acid groups (broad SMARTS) is 1. The first-order chi connectivity index (χ1) is 18.1. The molecule has 194 valence electrons. The molecule has 0 radical (unpaired) electrons. The largest absolute Gasteiger partial charge is 0.479 e. The molecule has 0 aliphatic carbocycles. The van der Waals surface area contributed by atoms with E-state index in [4.69, 9.17) is 4.42 Å². The molecule has 4 unspecified atom stereocenters. The van der Waals surface area contributed by atoms with Gasteiger partial charge in [-0.15, -0.1) is 11.3 Å². The van der Waals surface area contributed by atoms with Crippen LogP contribution in [0.1, 0.15) is 67.1 Å². The van der Waals surface area contributed by atoms with Gasteiger partial charge in [0, 0.05) is 16.4 Å². The summed E-state index contributed by atoms with van der Waals surface area (Å²) in [5.74, 6) is -2.89. The summed E-state index contributed by atoms with van der Waals surface area (Å²) in [5.41, 5.74) is 1.24. The lowest BCUT2D eigenvalue weighted by atomic mass is 9.74. The van der Waals surface area contributed by atoms with Crippen molar-refractivity contribution in [1.82, 2.24) is 4.90 Å². The number of benzene rings is 2. The van der Waals surface area contributed by atoms with Crippen molar-refractivity contribution in [2.24, 2.45) is 5.92 Å². The summed E-state index contributed by atoms with van der Waals surface area (Å²) >= 11 is 1.41. The van der Waals surface area contributed by atoms with Crippen molar-refractivity contribution in [3.63, 3.8) is 0 Å². The molecule has 0 saturated carbocycles. The predicted molar refractivity (Wildman–Crippen MR) is 146 cm³/mol. The minimum absolute atomic E-state index is 0.158. The van der Waals surface area contributed by atoms with Crippen LogP contribution in [0.5, 0.6) is 0 Å². The average Bonchev–Trinajstić information content (AvgIpc) is 3.60. The van der Waals surface area contributed by atoms with Gasteiger partial charge in [-0.25, -0.2) is 4.79 Å². The van der Waals surface area contributed by atoms with E-state index in [1.54, 1.807) is 56.3 Å². The highest BCUT2D eigenvalue weighted by atomic mass is 32.1. The number of aryl methyl sites for hydroxylation is 3. The molecule has 2 aromatic carbocycles. The molecule has 3 heterocycles. The van der Waals surface area contributed by atoms with E-state index in [0.29, 0.717) is 16.9 Å². The molecule has 1 amide bonds. The molecular formula is C31H29NO5S. The van der Waals surface area contributed by atoms with Crippen LogP contribution in [0.3, 0.4) is 0 Å². The Labute approximate surface area is 225 Å². The predicted octanol–water partition coefficient (Wildman–Crippen LogP) is 6.59. The van der Waals surface area contributed by atoms with E-state index in [1.165, 1.54) is 16.2 Å². The van der Waals surface area contributed by atoms with Crippen LogP contribution in [0, 0.1) is 26.7 Å². The number of rotatable bonds is 6. The third kappa shape index (κ3) is 4.07. The molecule has 1 N–H and O–H groups in total. The summed E-state index contributed by atoms with van der Waals surface area (Å²) in [5, 5.41) is 12.8. The fraction of sp³-hybridized carbons (Fsp3) is 0.258. The van der Waals surface area contributed by atoms with Gasteiger partial charge in [0.05, 0.1) is 12.0 Å². The van der Waals surface area contributed by atoms with Crippen molar-refractivity contribution in [2.75, 3.05) is 0 Å². The summed E-state index contributed by atoms with van der Waals surface area (Å²) in [6.45, 7) is 7.20. The highest BCUT2D eigenvalue weighted by molar-refractivity contribution is 7.10. The number of carbonyl (C=O) groups excluding carboxylic acids is 2. The lowest BCUT2D eigenvalue weighted by Crippen LogP contribution is -2.54. The van der Waals surface area contributed by atoms with Crippen LogP contribution in [-0.2, 0) is 4.79 Å². The second-order valence-electron chi connectivity index (χ2n) is 10.1. The smallest absolute Gasteiger partial charge is 0.330 e. The molecule has 6 nitrogen and oxygen atoms in total. The van der Waals surface area contributed by atoms with Crippen LogP contribution in [0.4, 0.5) is 0 Å². The number of thiophene rings is 1. The molecule has 4 atom stereocenters. The van der Waals surface area contributed by atoms with Gasteiger partial charge in [0.15, 0.2) is 5.76 Å². The normalized spacial score (nSPS) is 22.9. The zero-order valence-electron chi connectivity index (χ0n) is 21.7. The second kappa shape index (κ2) is 9.72. The lowest BCUT2D eigenvalue weighted by Gasteiger charge is -2.38. The van der Waals surface area contributed by atoms with Crippen molar-refractivity contribution in [3.8, 4) is 0 Å². The van der Waals surface area contributed by atoms with E-state index < -0.39 is 35.3 Å². The minimum Gasteiger partial charge on any atom is -0.479 e. The Balaban J connectivity index is 1.82. The lowest BCUT2D eigenvalue weighted by molar-refractivity contribution is -0.148. The Morgan fingerprint density at radius 1 is 0.921 bits per heavy atom. The first kappa shape index (κ1) is 25.7. The molecule has 1 aliphatic heterocycles. The maximum Gasteiger partial charge on any atom is 0.330 e. The molecule has 38 heavy (non-hydrogen) atoms. The number of ketones is 1. The topological polar surface area (TPSA) is 87.8 Å². The molecule has 1 saturated heterocycles. The monoisotopic (exact) mass is 527 g/mol. The number of nitrogens with zero attached hydrogens (tertiary/aromatic N) is 1. The third-order valence-corrected chi connectivity index (χ3v) is 8.75. The van der Waals surface area contributed by atoms with Gasteiger partial charge >= 0.3 is 5.97 Å². The molecule has 0 bridgehead atoms. The van der Waals surface area contributed by atoms with Gasteiger partial charge in [-0.1, -0.05) is 48.0 Å². The summed E-state index contributed by atoms with van der Waals surface area (Å²) in [6.07, 6.45) is 0. The van der Waals surface area contributed by atoms with Gasteiger partial charge in [0.1, 0.15) is 11.3 Å². The van der Waals surface area contributed by atoms with Crippen molar-refractivity contribution in [2.45, 2.75) is 45.2 Å². The van der Waals surface area contributed by atoms with Crippen LogP contribution >= 0.6 is 11.3 Å². The number of hydrogen-bond acceptors (Lipinski definition) is 5. The Morgan fingerprint density at radius 2 is 1.61 bits per heavy atom. The van der Waals surface area contributed by atoms with Crippen molar-refractivity contribution in [1.29, 1.82) is 0 Å². The Bertz CT molecular complexity index is 1500. The minimum atomic E-state index is -1.72. The number of likely N-dealkylation sites (tertiary alicyclic amines) is 1. The van der Waals surface area contributed by atoms with Crippen LogP contribution in [0.15, 0.2) is 82.6 Å². The fourth-order valence-corrected chi connectivity index (χ4v) is 6.89. The average molecular weight is 528 g/mol. The van der Waals surface area contributed by atoms with Crippen LogP contribution in [-0.4, -0.2) is 33.2 Å². The first-order valence-corrected chi connectivity index (χ1v) is 13.4. The first-order valence-electron chi connectivity index (χ1n) is 12.5. The zero-order chi connectivity index (χ0) is 27.2. The zero-order valence-corrected chi connectivity index (χ0v) is 22.5. The van der Waals surface area contributed by atoms with E-state index >= 15 is 0 Å². The molecule has 0 spiro atoms. The number of aliphatic carboxylic acids is 1. The van der Waals surface area contributed by atoms with E-state index in [0.717, 1.165) is 16.0 Å². The van der Waals surface area contributed by atoms with Gasteiger partial charge in [-0.2, -0.15) is 0 Å². The van der Waals surface area contributed by atoms with E-state index in [1.807, 2.05) is 49.6 Å². The second-order valence-corrected chi connectivity index (χ2v) is 11.0. The van der Waals surface area contributed by atoms with Gasteiger partial charge in [0.25, 0.3) is 5.91 Å². The van der Waals surface area contributed by atoms with Crippen LogP contribution < -0.4 is 0 Å². The Hall–Kier alpha value is -3.97. The molecule has 1 aliphatic rings. The van der Waals surface area contributed by atoms with Crippen LogP contribution in [0.25, 0.3) is 0 Å². The van der Waals surface area contributed by atoms with Gasteiger partial charge in [0.2, 0.25) is 5.78 Å². The number of carboxylic acids is 1. The maximum absolute atomic E-state index is 14.3. The SMILES string of the molecule is Cc1ccc(C2C(C(=O)c3ccc(C)o3)C(c3sccc3C)C(C)(C(=O)O)N2C(=O)c2ccccc2)cc1. The number of carbonyl (C=O) groups is 3. The molecular weight excluding hydrogens is 498 g/mol. The highest BCUT2D eigenvalue weighted by Crippen LogP contribution is 2.58. The van der Waals surface area contributed by atoms with Crippen molar-refractivity contribution < 1.29 is 23.9 Å². The third-order valence-electron chi connectivity index (χ3n) is 7.65. The van der Waals surface area contributed by atoms with E-state index in [-0.39, 0.29) is 11.5 Å². The molecule has 1 fully saturated rings. The van der Waals surface area contributed by atoms with Gasteiger partial charge in [-0.05, 0) is 74.5 Å². The standard InChI is InChI=1S/C31H29NO5S/c1-18-10-13-21(14-11-18)26-24(27(33)23-15-12-20(3)37-23)25(28-19(2)16-17-38-28)31(4,30(35)36)32(26)29(34)22-8-6-5-7-9-22/h5-17,24-26H,1-4H3,(H,35,36). The molecule has 4 aromatic rings. The highest BCUT2D eigenvalue weighted by Gasteiger charge is 2.65. The quantitative estimate of drug-likeness (QED) is 0.286. The summed E-state index contributed by atoms with van der Waals surface area (Å²) < 4.78 is 5.77. The Kier molecular flexibility index (Phi) is 6.57. The summed E-state index contributed by atoms with van der Waals surface area (Å²) in [7, 11) is 0. The molecule has 5 rings (SSSR count).